The molecule has 0 aromatic carbocycles. The third kappa shape index (κ3) is 3.58. The summed E-state index contributed by atoms with van der Waals surface area (Å²) in [6.07, 6.45) is 2.13. The van der Waals surface area contributed by atoms with E-state index in [1.54, 1.807) is 0 Å². The summed E-state index contributed by atoms with van der Waals surface area (Å²) in [5, 5.41) is 1.52. The fourth-order valence-corrected chi connectivity index (χ4v) is 2.96. The molecule has 1 aromatic rings. The molecule has 0 bridgehead atoms. The number of alkyl halides is 1. The second-order valence-corrected chi connectivity index (χ2v) is 6.11. The zero-order valence-corrected chi connectivity index (χ0v) is 10.9. The van der Waals surface area contributed by atoms with Gasteiger partial charge in [-0.2, -0.15) is 0 Å². The number of halogens is 1. The molecule has 0 amide bonds. The van der Waals surface area contributed by atoms with Crippen molar-refractivity contribution in [3.63, 3.8) is 0 Å². The maximum absolute atomic E-state index is 5.96. The lowest BCUT2D eigenvalue weighted by molar-refractivity contribution is 0.525. The minimum atomic E-state index is 0.271. The smallest absolute Gasteiger partial charge is 0.0933 e. The fraction of sp³-hybridized carbons (Fsp3) is 0.727. The number of thiazole rings is 1. The van der Waals surface area contributed by atoms with Crippen LogP contribution in [0.1, 0.15) is 35.8 Å². The number of hydrogen-bond donors (Lipinski definition) is 0. The molecule has 1 aromatic heterocycles. The average Bonchev–Trinajstić information content (AvgIpc) is 2.28. The van der Waals surface area contributed by atoms with Gasteiger partial charge in [-0.1, -0.05) is 6.92 Å². The van der Waals surface area contributed by atoms with E-state index in [2.05, 4.69) is 32.7 Å². The molecule has 0 aliphatic heterocycles. The van der Waals surface area contributed by atoms with E-state index in [4.69, 9.17) is 11.6 Å². The van der Waals surface area contributed by atoms with Crippen LogP contribution in [0.25, 0.3) is 0 Å². The minimum Gasteiger partial charge on any atom is -0.246 e. The molecule has 1 heterocycles. The van der Waals surface area contributed by atoms with Crippen molar-refractivity contribution in [1.82, 2.24) is 4.98 Å². The van der Waals surface area contributed by atoms with E-state index in [1.165, 1.54) is 15.6 Å². The van der Waals surface area contributed by atoms with E-state index < -0.39 is 0 Å². The highest BCUT2D eigenvalue weighted by Crippen LogP contribution is 2.22. The van der Waals surface area contributed by atoms with Crippen LogP contribution >= 0.6 is 22.9 Å². The van der Waals surface area contributed by atoms with Crippen LogP contribution in [0, 0.1) is 19.8 Å². The van der Waals surface area contributed by atoms with Gasteiger partial charge < -0.3 is 0 Å². The molecular formula is C11H18ClNS. The lowest BCUT2D eigenvalue weighted by Crippen LogP contribution is -2.05. The van der Waals surface area contributed by atoms with Crippen molar-refractivity contribution in [2.75, 3.05) is 0 Å². The first-order valence-corrected chi connectivity index (χ1v) is 6.31. The predicted molar refractivity (Wildman–Crippen MR) is 64.4 cm³/mol. The Hall–Kier alpha value is -0.0800. The summed E-state index contributed by atoms with van der Waals surface area (Å²) >= 11 is 7.77. The van der Waals surface area contributed by atoms with Crippen LogP contribution in [-0.2, 0) is 6.42 Å². The number of nitrogens with zero attached hydrogens (tertiary/aromatic N) is 1. The number of aromatic nitrogens is 1. The molecule has 14 heavy (non-hydrogen) atoms. The second kappa shape index (κ2) is 5.13. The third-order valence-electron chi connectivity index (χ3n) is 2.32. The van der Waals surface area contributed by atoms with Gasteiger partial charge in [0.2, 0.25) is 0 Å². The van der Waals surface area contributed by atoms with E-state index in [9.17, 15) is 0 Å². The van der Waals surface area contributed by atoms with Crippen LogP contribution in [0.2, 0.25) is 0 Å². The van der Waals surface area contributed by atoms with Crippen molar-refractivity contribution >= 4 is 22.9 Å². The van der Waals surface area contributed by atoms with Gasteiger partial charge in [-0.05, 0) is 33.1 Å². The van der Waals surface area contributed by atoms with Crippen LogP contribution in [0.15, 0.2) is 0 Å². The summed E-state index contributed by atoms with van der Waals surface area (Å²) in [5.41, 5.74) is 1.18. The van der Waals surface area contributed by atoms with Gasteiger partial charge in [-0.3, -0.25) is 0 Å². The normalized spacial score (nSPS) is 15.5. The molecule has 0 saturated heterocycles. The van der Waals surface area contributed by atoms with Gasteiger partial charge >= 0.3 is 0 Å². The topological polar surface area (TPSA) is 12.9 Å². The van der Waals surface area contributed by atoms with Gasteiger partial charge in [-0.15, -0.1) is 22.9 Å². The highest BCUT2D eigenvalue weighted by Gasteiger charge is 2.10. The Morgan fingerprint density at radius 1 is 1.36 bits per heavy atom. The minimum absolute atomic E-state index is 0.271. The lowest BCUT2D eigenvalue weighted by Gasteiger charge is -2.10. The molecule has 0 N–H and O–H groups in total. The monoisotopic (exact) mass is 231 g/mol. The predicted octanol–water partition coefficient (Wildman–Crippen LogP) is 3.96. The van der Waals surface area contributed by atoms with E-state index in [0.717, 1.165) is 12.8 Å². The van der Waals surface area contributed by atoms with Crippen molar-refractivity contribution in [2.24, 2.45) is 5.92 Å². The van der Waals surface area contributed by atoms with Crippen molar-refractivity contribution in [3.8, 4) is 0 Å². The zero-order valence-electron chi connectivity index (χ0n) is 9.30. The van der Waals surface area contributed by atoms with Crippen molar-refractivity contribution in [1.29, 1.82) is 0 Å². The van der Waals surface area contributed by atoms with Gasteiger partial charge in [-0.25, -0.2) is 4.98 Å². The van der Waals surface area contributed by atoms with Crippen LogP contribution in [0.3, 0.4) is 0 Å². The Kier molecular flexibility index (Phi) is 4.39. The molecule has 3 heteroatoms. The highest BCUT2D eigenvalue weighted by atomic mass is 35.5. The van der Waals surface area contributed by atoms with Crippen LogP contribution in [-0.4, -0.2) is 10.4 Å². The van der Waals surface area contributed by atoms with Gasteiger partial charge in [0, 0.05) is 16.7 Å². The first-order valence-electron chi connectivity index (χ1n) is 5.06. The molecule has 2 unspecified atom stereocenters. The summed E-state index contributed by atoms with van der Waals surface area (Å²) in [7, 11) is 0. The van der Waals surface area contributed by atoms with E-state index in [1.807, 2.05) is 11.3 Å². The number of rotatable bonds is 4. The summed E-state index contributed by atoms with van der Waals surface area (Å²) in [5.74, 6) is 0.632. The Morgan fingerprint density at radius 3 is 2.43 bits per heavy atom. The van der Waals surface area contributed by atoms with Gasteiger partial charge in [0.05, 0.1) is 10.7 Å². The van der Waals surface area contributed by atoms with Gasteiger partial charge in [0.1, 0.15) is 0 Å². The second-order valence-electron chi connectivity index (χ2n) is 4.07. The van der Waals surface area contributed by atoms with E-state index in [0.29, 0.717) is 5.92 Å². The first kappa shape index (κ1) is 12.0. The van der Waals surface area contributed by atoms with E-state index >= 15 is 0 Å². The molecule has 2 atom stereocenters. The maximum atomic E-state index is 5.96. The molecular weight excluding hydrogens is 214 g/mol. The quantitative estimate of drug-likeness (QED) is 0.715. The molecule has 0 radical (unpaired) electrons. The van der Waals surface area contributed by atoms with E-state index in [-0.39, 0.29) is 5.38 Å². The number of hydrogen-bond acceptors (Lipinski definition) is 2. The Balaban J connectivity index is 2.51. The Bertz CT molecular complexity index is 274. The third-order valence-corrected chi connectivity index (χ3v) is 3.60. The average molecular weight is 232 g/mol. The Labute approximate surface area is 95.5 Å². The number of aryl methyl sites for hydroxylation is 2. The van der Waals surface area contributed by atoms with Crippen LogP contribution < -0.4 is 0 Å². The highest BCUT2D eigenvalue weighted by molar-refractivity contribution is 7.11. The molecule has 80 valence electrons. The zero-order chi connectivity index (χ0) is 10.7. The molecule has 0 spiro atoms. The molecule has 0 aliphatic rings. The summed E-state index contributed by atoms with van der Waals surface area (Å²) < 4.78 is 0. The van der Waals surface area contributed by atoms with Crippen molar-refractivity contribution in [2.45, 2.75) is 45.9 Å². The van der Waals surface area contributed by atoms with Gasteiger partial charge in [0.25, 0.3) is 0 Å². The first-order chi connectivity index (χ1) is 6.49. The summed E-state index contributed by atoms with van der Waals surface area (Å²) in [6, 6.07) is 0. The van der Waals surface area contributed by atoms with Crippen molar-refractivity contribution < 1.29 is 0 Å². The summed E-state index contributed by atoms with van der Waals surface area (Å²) in [4.78, 5) is 5.87. The van der Waals surface area contributed by atoms with Crippen LogP contribution in [0.5, 0.6) is 0 Å². The van der Waals surface area contributed by atoms with Crippen LogP contribution in [0.4, 0.5) is 0 Å². The fourth-order valence-electron chi connectivity index (χ4n) is 1.56. The molecule has 0 aliphatic carbocycles. The molecule has 1 rings (SSSR count). The summed E-state index contributed by atoms with van der Waals surface area (Å²) in [6.45, 7) is 8.50. The lowest BCUT2D eigenvalue weighted by atomic mass is 10.0. The largest absolute Gasteiger partial charge is 0.246 e. The SMILES string of the molecule is Cc1nc(CC(C)CC(C)Cl)sc1C. The molecule has 0 saturated carbocycles. The molecule has 1 nitrogen and oxygen atoms in total. The van der Waals surface area contributed by atoms with Gasteiger partial charge in [0.15, 0.2) is 0 Å². The Morgan fingerprint density at radius 2 is 2.00 bits per heavy atom. The van der Waals surface area contributed by atoms with Crippen molar-refractivity contribution in [3.05, 3.63) is 15.6 Å². The standard InChI is InChI=1S/C11H18ClNS/c1-7(5-8(2)12)6-11-13-9(3)10(4)14-11/h7-8H,5-6H2,1-4H3. The molecule has 0 fully saturated rings. The maximum Gasteiger partial charge on any atom is 0.0933 e.